The van der Waals surface area contributed by atoms with E-state index in [-0.39, 0.29) is 25.4 Å². The standard InChI is InChI=1S/C10H16N2O5/c1-17-5-2-8(13)12-4-3-11-10(16)7(12)6-9(14)15/h7H,2-6H2,1H3,(H,11,16)(H,14,15). The van der Waals surface area contributed by atoms with Crippen molar-refractivity contribution < 1.29 is 24.2 Å². The normalized spacial score (nSPS) is 19.9. The third-order valence-corrected chi connectivity index (χ3v) is 2.54. The van der Waals surface area contributed by atoms with Crippen molar-refractivity contribution in [2.75, 3.05) is 26.8 Å². The highest BCUT2D eigenvalue weighted by atomic mass is 16.5. The summed E-state index contributed by atoms with van der Waals surface area (Å²) in [5.41, 5.74) is 0. The van der Waals surface area contributed by atoms with Crippen molar-refractivity contribution in [1.29, 1.82) is 0 Å². The van der Waals surface area contributed by atoms with Crippen LogP contribution in [0.2, 0.25) is 0 Å². The van der Waals surface area contributed by atoms with Crippen LogP contribution in [0.4, 0.5) is 0 Å². The van der Waals surface area contributed by atoms with E-state index >= 15 is 0 Å². The van der Waals surface area contributed by atoms with Gasteiger partial charge in [0.1, 0.15) is 6.04 Å². The fourth-order valence-corrected chi connectivity index (χ4v) is 1.71. The smallest absolute Gasteiger partial charge is 0.305 e. The quantitative estimate of drug-likeness (QED) is 0.635. The van der Waals surface area contributed by atoms with Gasteiger partial charge in [-0.1, -0.05) is 0 Å². The molecule has 17 heavy (non-hydrogen) atoms. The second-order valence-electron chi connectivity index (χ2n) is 3.73. The predicted octanol–water partition coefficient (Wildman–Crippen LogP) is -1.18. The first-order valence-corrected chi connectivity index (χ1v) is 5.34. The van der Waals surface area contributed by atoms with Crippen LogP contribution >= 0.6 is 0 Å². The molecule has 1 rings (SSSR count). The van der Waals surface area contributed by atoms with Gasteiger partial charge in [0.05, 0.1) is 19.4 Å². The van der Waals surface area contributed by atoms with Crippen molar-refractivity contribution in [3.8, 4) is 0 Å². The van der Waals surface area contributed by atoms with Gasteiger partial charge < -0.3 is 20.1 Å². The Hall–Kier alpha value is -1.63. The zero-order valence-electron chi connectivity index (χ0n) is 9.64. The lowest BCUT2D eigenvalue weighted by molar-refractivity contribution is -0.149. The molecule has 0 radical (unpaired) electrons. The topological polar surface area (TPSA) is 95.9 Å². The van der Waals surface area contributed by atoms with Gasteiger partial charge in [0.2, 0.25) is 11.8 Å². The van der Waals surface area contributed by atoms with Gasteiger partial charge in [0.15, 0.2) is 0 Å². The molecule has 0 aromatic carbocycles. The first kappa shape index (κ1) is 13.4. The fourth-order valence-electron chi connectivity index (χ4n) is 1.71. The number of aliphatic carboxylic acids is 1. The molecule has 2 N–H and O–H groups in total. The molecular weight excluding hydrogens is 228 g/mol. The molecule has 0 aromatic rings. The van der Waals surface area contributed by atoms with Crippen LogP contribution in [0.25, 0.3) is 0 Å². The highest BCUT2D eigenvalue weighted by Crippen LogP contribution is 2.10. The maximum absolute atomic E-state index is 11.8. The molecule has 1 saturated heterocycles. The van der Waals surface area contributed by atoms with E-state index < -0.39 is 17.9 Å². The summed E-state index contributed by atoms with van der Waals surface area (Å²) in [6, 6.07) is -0.911. The van der Waals surface area contributed by atoms with Gasteiger partial charge in [-0.2, -0.15) is 0 Å². The van der Waals surface area contributed by atoms with E-state index in [4.69, 9.17) is 9.84 Å². The Morgan fingerprint density at radius 2 is 2.29 bits per heavy atom. The molecule has 0 saturated carbocycles. The number of hydrogen-bond acceptors (Lipinski definition) is 4. The first-order chi connectivity index (χ1) is 8.06. The van der Waals surface area contributed by atoms with Gasteiger partial charge in [0.25, 0.3) is 0 Å². The zero-order chi connectivity index (χ0) is 12.8. The summed E-state index contributed by atoms with van der Waals surface area (Å²) in [6.45, 7) is 0.955. The number of nitrogens with zero attached hydrogens (tertiary/aromatic N) is 1. The van der Waals surface area contributed by atoms with Crippen LogP contribution in [0.15, 0.2) is 0 Å². The molecule has 96 valence electrons. The number of rotatable bonds is 5. The van der Waals surface area contributed by atoms with Crippen LogP contribution in [0, 0.1) is 0 Å². The van der Waals surface area contributed by atoms with Crippen molar-refractivity contribution in [3.63, 3.8) is 0 Å². The zero-order valence-corrected chi connectivity index (χ0v) is 9.64. The summed E-state index contributed by atoms with van der Waals surface area (Å²) >= 11 is 0. The van der Waals surface area contributed by atoms with Gasteiger partial charge in [-0.05, 0) is 0 Å². The number of carboxylic acid groups (broad SMARTS) is 1. The minimum absolute atomic E-state index is 0.153. The van der Waals surface area contributed by atoms with Crippen LogP contribution in [0.3, 0.4) is 0 Å². The monoisotopic (exact) mass is 244 g/mol. The fraction of sp³-hybridized carbons (Fsp3) is 0.700. The number of amides is 2. The summed E-state index contributed by atoms with van der Waals surface area (Å²) in [5.74, 6) is -1.77. The molecule has 7 heteroatoms. The third kappa shape index (κ3) is 3.70. The SMILES string of the molecule is COCCC(=O)N1CCNC(=O)C1CC(=O)O. The van der Waals surface area contributed by atoms with Crippen LogP contribution in [-0.4, -0.2) is 60.6 Å². The van der Waals surface area contributed by atoms with Crippen molar-refractivity contribution in [1.82, 2.24) is 10.2 Å². The van der Waals surface area contributed by atoms with E-state index in [0.29, 0.717) is 13.1 Å². The van der Waals surface area contributed by atoms with E-state index in [9.17, 15) is 14.4 Å². The maximum Gasteiger partial charge on any atom is 0.305 e. The number of carbonyl (C=O) groups excluding carboxylic acids is 2. The second-order valence-corrected chi connectivity index (χ2v) is 3.73. The molecule has 0 aromatic heterocycles. The highest BCUT2D eigenvalue weighted by molar-refractivity contribution is 5.91. The third-order valence-electron chi connectivity index (χ3n) is 2.54. The van der Waals surface area contributed by atoms with Crippen LogP contribution < -0.4 is 5.32 Å². The molecule has 0 spiro atoms. The number of ether oxygens (including phenoxy) is 1. The molecule has 1 atom stereocenters. The van der Waals surface area contributed by atoms with E-state index in [1.54, 1.807) is 0 Å². The van der Waals surface area contributed by atoms with E-state index in [2.05, 4.69) is 5.32 Å². The summed E-state index contributed by atoms with van der Waals surface area (Å²) in [4.78, 5) is 35.3. The van der Waals surface area contributed by atoms with E-state index in [1.165, 1.54) is 12.0 Å². The molecule has 0 aliphatic carbocycles. The summed E-state index contributed by atoms with van der Waals surface area (Å²) < 4.78 is 4.78. The molecule has 1 unspecified atom stereocenters. The number of piperazine rings is 1. The van der Waals surface area contributed by atoms with Crippen molar-refractivity contribution in [3.05, 3.63) is 0 Å². The Labute approximate surface area is 98.7 Å². The summed E-state index contributed by atoms with van der Waals surface area (Å²) in [7, 11) is 1.48. The lowest BCUT2D eigenvalue weighted by Crippen LogP contribution is -2.57. The number of nitrogens with one attached hydrogen (secondary N) is 1. The number of carbonyl (C=O) groups is 3. The Morgan fingerprint density at radius 1 is 1.59 bits per heavy atom. The largest absolute Gasteiger partial charge is 0.481 e. The molecule has 7 nitrogen and oxygen atoms in total. The lowest BCUT2D eigenvalue weighted by atomic mass is 10.1. The van der Waals surface area contributed by atoms with Gasteiger partial charge in [-0.3, -0.25) is 14.4 Å². The van der Waals surface area contributed by atoms with Crippen molar-refractivity contribution >= 4 is 17.8 Å². The second kappa shape index (κ2) is 6.19. The Kier molecular flexibility index (Phi) is 4.89. The molecule has 1 heterocycles. The first-order valence-electron chi connectivity index (χ1n) is 5.34. The molecular formula is C10H16N2O5. The minimum Gasteiger partial charge on any atom is -0.481 e. The molecule has 1 aliphatic rings. The molecule has 1 aliphatic heterocycles. The molecule has 2 amide bonds. The van der Waals surface area contributed by atoms with Crippen molar-refractivity contribution in [2.24, 2.45) is 0 Å². The average Bonchev–Trinajstić information content (AvgIpc) is 2.28. The van der Waals surface area contributed by atoms with Crippen LogP contribution in [0.5, 0.6) is 0 Å². The van der Waals surface area contributed by atoms with Crippen molar-refractivity contribution in [2.45, 2.75) is 18.9 Å². The van der Waals surface area contributed by atoms with Gasteiger partial charge >= 0.3 is 5.97 Å². The van der Waals surface area contributed by atoms with Gasteiger partial charge in [0, 0.05) is 20.2 Å². The number of carboxylic acids is 1. The average molecular weight is 244 g/mol. The highest BCUT2D eigenvalue weighted by Gasteiger charge is 2.34. The summed E-state index contributed by atoms with van der Waals surface area (Å²) in [6.07, 6.45) is -0.218. The molecule has 1 fully saturated rings. The van der Waals surface area contributed by atoms with E-state index in [1.807, 2.05) is 0 Å². The predicted molar refractivity (Wildman–Crippen MR) is 57.3 cm³/mol. The Morgan fingerprint density at radius 3 is 2.88 bits per heavy atom. The number of methoxy groups -OCH3 is 1. The number of hydrogen-bond donors (Lipinski definition) is 2. The lowest BCUT2D eigenvalue weighted by Gasteiger charge is -2.34. The van der Waals surface area contributed by atoms with Crippen LogP contribution in [-0.2, 0) is 19.1 Å². The van der Waals surface area contributed by atoms with E-state index in [0.717, 1.165) is 0 Å². The van der Waals surface area contributed by atoms with Gasteiger partial charge in [-0.25, -0.2) is 0 Å². The molecule has 0 bridgehead atoms. The van der Waals surface area contributed by atoms with Crippen LogP contribution in [0.1, 0.15) is 12.8 Å². The Balaban J connectivity index is 2.67. The maximum atomic E-state index is 11.8. The minimum atomic E-state index is -1.10. The summed E-state index contributed by atoms with van der Waals surface area (Å²) in [5, 5.41) is 11.3. The Bertz CT molecular complexity index is 318. The van der Waals surface area contributed by atoms with Gasteiger partial charge in [-0.15, -0.1) is 0 Å².